The maximum atomic E-state index is 11.4. The molecule has 0 radical (unpaired) electrons. The molecule has 0 bridgehead atoms. The van der Waals surface area contributed by atoms with Crippen molar-refractivity contribution in [2.75, 3.05) is 0 Å². The van der Waals surface area contributed by atoms with Crippen LogP contribution >= 0.6 is 0 Å². The smallest absolute Gasteiger partial charge is 0.153 e. The van der Waals surface area contributed by atoms with Crippen LogP contribution in [0.1, 0.15) is 56.0 Å². The van der Waals surface area contributed by atoms with Gasteiger partial charge in [0.2, 0.25) is 0 Å². The van der Waals surface area contributed by atoms with Crippen LogP contribution in [0.25, 0.3) is 0 Å². The number of aryl methyl sites for hydroxylation is 1. The molecule has 3 heteroatoms. The standard InChI is InChI=1S/C13H18N2O/c16-11-6-7-13-14-12(9-15(13)8-11)10-4-2-1-3-5-10/h9-10H,1-8H2. The zero-order chi connectivity index (χ0) is 11.0. The van der Waals surface area contributed by atoms with Crippen molar-refractivity contribution in [1.82, 2.24) is 9.55 Å². The topological polar surface area (TPSA) is 34.9 Å². The summed E-state index contributed by atoms with van der Waals surface area (Å²) in [6, 6.07) is 0. The number of imidazole rings is 1. The summed E-state index contributed by atoms with van der Waals surface area (Å²) in [5, 5.41) is 0. The summed E-state index contributed by atoms with van der Waals surface area (Å²) in [7, 11) is 0. The van der Waals surface area contributed by atoms with Gasteiger partial charge in [-0.3, -0.25) is 4.79 Å². The van der Waals surface area contributed by atoms with Gasteiger partial charge in [0.05, 0.1) is 12.2 Å². The van der Waals surface area contributed by atoms with Gasteiger partial charge in [-0.2, -0.15) is 0 Å². The summed E-state index contributed by atoms with van der Waals surface area (Å²) in [5.41, 5.74) is 1.24. The van der Waals surface area contributed by atoms with E-state index in [1.165, 1.54) is 37.8 Å². The molecule has 2 heterocycles. The van der Waals surface area contributed by atoms with Gasteiger partial charge in [0.25, 0.3) is 0 Å². The van der Waals surface area contributed by atoms with E-state index in [0.717, 1.165) is 12.2 Å². The van der Waals surface area contributed by atoms with Crippen LogP contribution in [-0.4, -0.2) is 15.3 Å². The Bertz CT molecular complexity index is 402. The van der Waals surface area contributed by atoms with Crippen molar-refractivity contribution in [3.05, 3.63) is 17.7 Å². The maximum absolute atomic E-state index is 11.4. The van der Waals surface area contributed by atoms with E-state index in [1.807, 2.05) is 0 Å². The second-order valence-electron chi connectivity index (χ2n) is 5.08. The molecule has 1 aromatic rings. The summed E-state index contributed by atoms with van der Waals surface area (Å²) >= 11 is 0. The molecule has 0 atom stereocenters. The average molecular weight is 218 g/mol. The van der Waals surface area contributed by atoms with Crippen LogP contribution in [0.4, 0.5) is 0 Å². The van der Waals surface area contributed by atoms with Crippen LogP contribution in [0.15, 0.2) is 6.20 Å². The van der Waals surface area contributed by atoms with Gasteiger partial charge in [-0.15, -0.1) is 0 Å². The summed E-state index contributed by atoms with van der Waals surface area (Å²) in [6.07, 6.45) is 10.3. The SMILES string of the molecule is O=C1CCc2nc(C3CCCCC3)cn2C1. The second kappa shape index (κ2) is 4.04. The fourth-order valence-corrected chi connectivity index (χ4v) is 2.93. The first kappa shape index (κ1) is 10.1. The van der Waals surface area contributed by atoms with E-state index in [4.69, 9.17) is 4.98 Å². The largest absolute Gasteiger partial charge is 0.327 e. The highest BCUT2D eigenvalue weighted by molar-refractivity contribution is 5.79. The molecule has 1 aliphatic carbocycles. The first-order chi connectivity index (χ1) is 7.83. The van der Waals surface area contributed by atoms with E-state index < -0.39 is 0 Å². The van der Waals surface area contributed by atoms with E-state index in [1.54, 1.807) is 0 Å². The molecular weight excluding hydrogens is 200 g/mol. The monoisotopic (exact) mass is 218 g/mol. The molecule has 86 valence electrons. The lowest BCUT2D eigenvalue weighted by molar-refractivity contribution is -0.120. The number of nitrogens with zero attached hydrogens (tertiary/aromatic N) is 2. The van der Waals surface area contributed by atoms with Gasteiger partial charge >= 0.3 is 0 Å². The molecule has 3 rings (SSSR count). The lowest BCUT2D eigenvalue weighted by Crippen LogP contribution is -2.18. The number of hydrogen-bond acceptors (Lipinski definition) is 2. The molecule has 1 fully saturated rings. The predicted octanol–water partition coefficient (Wildman–Crippen LogP) is 2.45. The number of fused-ring (bicyclic) bond motifs is 1. The van der Waals surface area contributed by atoms with Gasteiger partial charge in [0.15, 0.2) is 5.78 Å². The minimum absolute atomic E-state index is 0.347. The number of hydrogen-bond donors (Lipinski definition) is 0. The van der Waals surface area contributed by atoms with Gasteiger partial charge in [0.1, 0.15) is 5.82 Å². The highest BCUT2D eigenvalue weighted by atomic mass is 16.1. The quantitative estimate of drug-likeness (QED) is 0.725. The van der Waals surface area contributed by atoms with E-state index in [-0.39, 0.29) is 0 Å². The molecule has 0 aromatic carbocycles. The molecule has 3 nitrogen and oxygen atoms in total. The molecule has 0 N–H and O–H groups in total. The summed E-state index contributed by atoms with van der Waals surface area (Å²) in [4.78, 5) is 16.1. The van der Waals surface area contributed by atoms with Crippen molar-refractivity contribution in [3.63, 3.8) is 0 Å². The lowest BCUT2D eigenvalue weighted by atomic mass is 9.87. The van der Waals surface area contributed by atoms with Crippen molar-refractivity contribution in [2.45, 2.75) is 57.4 Å². The van der Waals surface area contributed by atoms with Gasteiger partial charge in [-0.25, -0.2) is 4.98 Å². The number of ketones is 1. The van der Waals surface area contributed by atoms with Gasteiger partial charge in [-0.1, -0.05) is 19.3 Å². The van der Waals surface area contributed by atoms with Crippen LogP contribution in [0.5, 0.6) is 0 Å². The maximum Gasteiger partial charge on any atom is 0.153 e. The second-order valence-corrected chi connectivity index (χ2v) is 5.08. The molecule has 0 saturated heterocycles. The van der Waals surface area contributed by atoms with E-state index in [0.29, 0.717) is 24.7 Å². The number of aromatic nitrogens is 2. The zero-order valence-corrected chi connectivity index (χ0v) is 9.61. The zero-order valence-electron chi connectivity index (χ0n) is 9.61. The Morgan fingerprint density at radius 1 is 1.19 bits per heavy atom. The molecule has 1 aromatic heterocycles. The molecule has 1 saturated carbocycles. The molecule has 1 aliphatic heterocycles. The predicted molar refractivity (Wildman–Crippen MR) is 61.4 cm³/mol. The molecule has 16 heavy (non-hydrogen) atoms. The minimum atomic E-state index is 0.347. The highest BCUT2D eigenvalue weighted by Crippen LogP contribution is 2.32. The van der Waals surface area contributed by atoms with Crippen molar-refractivity contribution in [1.29, 1.82) is 0 Å². The van der Waals surface area contributed by atoms with Crippen LogP contribution in [0.3, 0.4) is 0 Å². The third-order valence-electron chi connectivity index (χ3n) is 3.88. The number of carbonyl (C=O) groups excluding carboxylic acids is 1. The van der Waals surface area contributed by atoms with Crippen LogP contribution in [0.2, 0.25) is 0 Å². The normalized spacial score (nSPS) is 22.1. The molecule has 2 aliphatic rings. The summed E-state index contributed by atoms with van der Waals surface area (Å²) in [5.74, 6) is 2.13. The van der Waals surface area contributed by atoms with Crippen molar-refractivity contribution in [3.8, 4) is 0 Å². The Labute approximate surface area is 95.9 Å². The van der Waals surface area contributed by atoms with Crippen molar-refractivity contribution in [2.24, 2.45) is 0 Å². The van der Waals surface area contributed by atoms with E-state index in [9.17, 15) is 4.79 Å². The Hall–Kier alpha value is -1.12. The van der Waals surface area contributed by atoms with E-state index in [2.05, 4.69) is 10.8 Å². The van der Waals surface area contributed by atoms with Crippen molar-refractivity contribution < 1.29 is 4.79 Å². The van der Waals surface area contributed by atoms with Gasteiger partial charge in [-0.05, 0) is 12.8 Å². The first-order valence-corrected chi connectivity index (χ1v) is 6.40. The van der Waals surface area contributed by atoms with Crippen LogP contribution in [0, 0.1) is 0 Å². The lowest BCUT2D eigenvalue weighted by Gasteiger charge is -2.19. The number of Topliss-reactive ketones (excluding diaryl/α,β-unsaturated/α-hetero) is 1. The highest BCUT2D eigenvalue weighted by Gasteiger charge is 2.22. The number of carbonyl (C=O) groups is 1. The Balaban J connectivity index is 1.83. The average Bonchev–Trinajstić information content (AvgIpc) is 2.73. The Morgan fingerprint density at radius 3 is 2.81 bits per heavy atom. The Morgan fingerprint density at radius 2 is 2.00 bits per heavy atom. The van der Waals surface area contributed by atoms with Gasteiger partial charge < -0.3 is 4.57 Å². The van der Waals surface area contributed by atoms with Gasteiger partial charge in [0, 0.05) is 25.0 Å². The van der Waals surface area contributed by atoms with E-state index >= 15 is 0 Å². The minimum Gasteiger partial charge on any atom is -0.327 e. The summed E-state index contributed by atoms with van der Waals surface area (Å²) in [6.45, 7) is 0.551. The molecule has 0 unspecified atom stereocenters. The molecular formula is C13H18N2O. The third-order valence-corrected chi connectivity index (χ3v) is 3.88. The fraction of sp³-hybridized carbons (Fsp3) is 0.692. The first-order valence-electron chi connectivity index (χ1n) is 6.40. The fourth-order valence-electron chi connectivity index (χ4n) is 2.93. The number of rotatable bonds is 1. The molecule has 0 spiro atoms. The third kappa shape index (κ3) is 1.79. The molecule has 0 amide bonds. The Kier molecular flexibility index (Phi) is 2.54. The summed E-state index contributed by atoms with van der Waals surface area (Å²) < 4.78 is 2.07. The van der Waals surface area contributed by atoms with Crippen molar-refractivity contribution >= 4 is 5.78 Å². The van der Waals surface area contributed by atoms with Crippen LogP contribution in [-0.2, 0) is 17.8 Å². The van der Waals surface area contributed by atoms with Crippen LogP contribution < -0.4 is 0 Å².